The van der Waals surface area contributed by atoms with Gasteiger partial charge in [-0.3, -0.25) is 0 Å². The van der Waals surface area contributed by atoms with Crippen molar-refractivity contribution in [3.8, 4) is 0 Å². The molecule has 90 valence electrons. The summed E-state index contributed by atoms with van der Waals surface area (Å²) in [7, 11) is 3.56. The highest BCUT2D eigenvalue weighted by atomic mass is 19.4. The molecule has 0 saturated heterocycles. The molecule has 0 aliphatic carbocycles. The van der Waals surface area contributed by atoms with Gasteiger partial charge < -0.3 is 10.6 Å². The number of hydrogen-bond donors (Lipinski definition) is 1. The Labute approximate surface area is 92.9 Å². The second kappa shape index (κ2) is 4.74. The number of halogens is 3. The molecule has 0 spiro atoms. The molecule has 0 aliphatic rings. The number of anilines is 1. The molecule has 0 aromatic heterocycles. The molecule has 2 N–H and O–H groups in total. The van der Waals surface area contributed by atoms with Gasteiger partial charge in [0.25, 0.3) is 0 Å². The first-order valence-electron chi connectivity index (χ1n) is 4.90. The first-order valence-corrected chi connectivity index (χ1v) is 4.90. The molecule has 1 rings (SSSR count). The van der Waals surface area contributed by atoms with Gasteiger partial charge in [0.05, 0.1) is 5.92 Å². The molecule has 5 heteroatoms. The zero-order valence-corrected chi connectivity index (χ0v) is 9.25. The number of hydrogen-bond acceptors (Lipinski definition) is 2. The van der Waals surface area contributed by atoms with E-state index in [9.17, 15) is 13.2 Å². The number of nitrogens with zero attached hydrogens (tertiary/aromatic N) is 1. The largest absolute Gasteiger partial charge is 0.396 e. The molecule has 0 amide bonds. The summed E-state index contributed by atoms with van der Waals surface area (Å²) in [5.41, 5.74) is 6.13. The zero-order valence-electron chi connectivity index (χ0n) is 9.25. The predicted octanol–water partition coefficient (Wildman–Crippen LogP) is 2.36. The number of rotatable bonds is 3. The fourth-order valence-electron chi connectivity index (χ4n) is 1.48. The van der Waals surface area contributed by atoms with Crippen molar-refractivity contribution < 1.29 is 13.2 Å². The van der Waals surface area contributed by atoms with Crippen molar-refractivity contribution in [2.75, 3.05) is 25.5 Å². The average molecular weight is 232 g/mol. The molecule has 16 heavy (non-hydrogen) atoms. The summed E-state index contributed by atoms with van der Waals surface area (Å²) in [6.45, 7) is -0.430. The highest BCUT2D eigenvalue weighted by molar-refractivity contribution is 5.48. The number of alkyl halides is 3. The molecule has 0 aliphatic heterocycles. The molecule has 0 saturated carbocycles. The van der Waals surface area contributed by atoms with Gasteiger partial charge in [-0.2, -0.15) is 13.2 Å². The quantitative estimate of drug-likeness (QED) is 0.866. The van der Waals surface area contributed by atoms with E-state index in [0.717, 1.165) is 5.69 Å². The van der Waals surface area contributed by atoms with Crippen molar-refractivity contribution in [2.45, 2.75) is 12.1 Å². The van der Waals surface area contributed by atoms with Gasteiger partial charge in [0, 0.05) is 26.3 Å². The van der Waals surface area contributed by atoms with Crippen LogP contribution in [-0.4, -0.2) is 26.8 Å². The zero-order chi connectivity index (χ0) is 12.3. The highest BCUT2D eigenvalue weighted by Gasteiger charge is 2.39. The van der Waals surface area contributed by atoms with Crippen LogP contribution in [0.15, 0.2) is 24.3 Å². The van der Waals surface area contributed by atoms with Crippen LogP contribution in [0.25, 0.3) is 0 Å². The number of benzene rings is 1. The highest BCUT2D eigenvalue weighted by Crippen LogP contribution is 2.34. The van der Waals surface area contributed by atoms with Gasteiger partial charge in [-0.05, 0) is 17.7 Å². The Balaban J connectivity index is 3.07. The van der Waals surface area contributed by atoms with E-state index in [1.54, 1.807) is 31.1 Å². The maximum absolute atomic E-state index is 12.6. The van der Waals surface area contributed by atoms with Crippen LogP contribution in [0.2, 0.25) is 0 Å². The summed E-state index contributed by atoms with van der Waals surface area (Å²) in [5, 5.41) is 0. The van der Waals surface area contributed by atoms with Crippen molar-refractivity contribution >= 4 is 5.69 Å². The van der Waals surface area contributed by atoms with Crippen LogP contribution in [0.3, 0.4) is 0 Å². The van der Waals surface area contributed by atoms with Crippen LogP contribution in [0.5, 0.6) is 0 Å². The number of nitrogens with two attached hydrogens (primary N) is 1. The van der Waals surface area contributed by atoms with E-state index in [0.29, 0.717) is 0 Å². The van der Waals surface area contributed by atoms with Crippen molar-refractivity contribution in [3.05, 3.63) is 29.8 Å². The normalized spacial score (nSPS) is 13.6. The molecule has 0 fully saturated rings. The van der Waals surface area contributed by atoms with Crippen LogP contribution >= 0.6 is 0 Å². The average Bonchev–Trinajstić information content (AvgIpc) is 2.17. The lowest BCUT2D eigenvalue weighted by Gasteiger charge is -2.21. The molecular formula is C11H15F3N2. The molecule has 1 unspecified atom stereocenters. The Kier molecular flexibility index (Phi) is 3.80. The van der Waals surface area contributed by atoms with Crippen LogP contribution in [0.1, 0.15) is 11.5 Å². The van der Waals surface area contributed by atoms with Gasteiger partial charge in [-0.15, -0.1) is 0 Å². The van der Waals surface area contributed by atoms with Crippen molar-refractivity contribution in [3.63, 3.8) is 0 Å². The van der Waals surface area contributed by atoms with Crippen LogP contribution in [0, 0.1) is 0 Å². The lowest BCUT2D eigenvalue weighted by atomic mass is 9.98. The SMILES string of the molecule is CN(C)c1cccc(C(CN)C(F)(F)F)c1. The Hall–Kier alpha value is -1.23. The third kappa shape index (κ3) is 2.88. The van der Waals surface area contributed by atoms with Crippen LogP contribution in [0.4, 0.5) is 18.9 Å². The topological polar surface area (TPSA) is 29.3 Å². The van der Waals surface area contributed by atoms with Gasteiger partial charge in [-0.25, -0.2) is 0 Å². The Morgan fingerprint density at radius 1 is 1.31 bits per heavy atom. The molecule has 1 atom stereocenters. The van der Waals surface area contributed by atoms with Crippen molar-refractivity contribution in [1.29, 1.82) is 0 Å². The van der Waals surface area contributed by atoms with E-state index in [1.807, 2.05) is 0 Å². The summed E-state index contributed by atoms with van der Waals surface area (Å²) < 4.78 is 37.9. The lowest BCUT2D eigenvalue weighted by Crippen LogP contribution is -2.28. The van der Waals surface area contributed by atoms with E-state index in [1.165, 1.54) is 12.1 Å². The Morgan fingerprint density at radius 2 is 1.94 bits per heavy atom. The molecule has 2 nitrogen and oxygen atoms in total. The summed E-state index contributed by atoms with van der Waals surface area (Å²) in [6.07, 6.45) is -4.29. The third-order valence-corrected chi connectivity index (χ3v) is 2.42. The van der Waals surface area contributed by atoms with Crippen molar-refractivity contribution in [1.82, 2.24) is 0 Å². The Morgan fingerprint density at radius 3 is 2.38 bits per heavy atom. The molecule has 0 bridgehead atoms. The van der Waals surface area contributed by atoms with Crippen molar-refractivity contribution in [2.24, 2.45) is 5.73 Å². The van der Waals surface area contributed by atoms with Crippen LogP contribution in [-0.2, 0) is 0 Å². The maximum atomic E-state index is 12.6. The minimum absolute atomic E-state index is 0.209. The van der Waals surface area contributed by atoms with Gasteiger partial charge in [-0.1, -0.05) is 12.1 Å². The van der Waals surface area contributed by atoms with E-state index >= 15 is 0 Å². The van der Waals surface area contributed by atoms with Crippen LogP contribution < -0.4 is 10.6 Å². The third-order valence-electron chi connectivity index (χ3n) is 2.42. The minimum atomic E-state index is -4.29. The standard InChI is InChI=1S/C11H15F3N2/c1-16(2)9-5-3-4-8(6-9)10(7-15)11(12,13)14/h3-6,10H,7,15H2,1-2H3. The first-order chi connectivity index (χ1) is 7.36. The first kappa shape index (κ1) is 12.8. The monoisotopic (exact) mass is 232 g/mol. The molecule has 1 aromatic carbocycles. The van der Waals surface area contributed by atoms with Gasteiger partial charge in [0.2, 0.25) is 0 Å². The van der Waals surface area contributed by atoms with E-state index < -0.39 is 18.6 Å². The van der Waals surface area contributed by atoms with Gasteiger partial charge in [0.15, 0.2) is 0 Å². The molecular weight excluding hydrogens is 217 g/mol. The lowest BCUT2D eigenvalue weighted by molar-refractivity contribution is -0.148. The maximum Gasteiger partial charge on any atom is 0.396 e. The summed E-state index contributed by atoms with van der Waals surface area (Å²) in [6, 6.07) is 6.34. The fourth-order valence-corrected chi connectivity index (χ4v) is 1.48. The fraction of sp³-hybridized carbons (Fsp3) is 0.455. The predicted molar refractivity (Wildman–Crippen MR) is 58.6 cm³/mol. The summed E-state index contributed by atoms with van der Waals surface area (Å²) >= 11 is 0. The second-order valence-electron chi connectivity index (χ2n) is 3.82. The van der Waals surface area contributed by atoms with E-state index in [4.69, 9.17) is 5.73 Å². The summed E-state index contributed by atoms with van der Waals surface area (Å²) in [4.78, 5) is 1.76. The second-order valence-corrected chi connectivity index (χ2v) is 3.82. The molecule has 0 radical (unpaired) electrons. The van der Waals surface area contributed by atoms with E-state index in [-0.39, 0.29) is 5.56 Å². The van der Waals surface area contributed by atoms with E-state index in [2.05, 4.69) is 0 Å². The minimum Gasteiger partial charge on any atom is -0.378 e. The molecule has 1 aromatic rings. The molecule has 0 heterocycles. The Bertz CT molecular complexity index is 347. The van der Waals surface area contributed by atoms with Gasteiger partial charge >= 0.3 is 6.18 Å². The van der Waals surface area contributed by atoms with Gasteiger partial charge in [0.1, 0.15) is 0 Å². The smallest absolute Gasteiger partial charge is 0.378 e. The summed E-state index contributed by atoms with van der Waals surface area (Å²) in [5.74, 6) is -1.59.